The molecule has 1 fully saturated rings. The third-order valence-corrected chi connectivity index (χ3v) is 6.20. The van der Waals surface area contributed by atoms with Gasteiger partial charge in [-0.25, -0.2) is 0 Å². The zero-order chi connectivity index (χ0) is 20.9. The molecule has 28 heavy (non-hydrogen) atoms. The number of hydrogen-bond donors (Lipinski definition) is 0. The first-order valence-corrected chi connectivity index (χ1v) is 10.3. The van der Waals surface area contributed by atoms with Gasteiger partial charge in [0.2, 0.25) is 0 Å². The van der Waals surface area contributed by atoms with Crippen molar-refractivity contribution in [1.82, 2.24) is 8.61 Å². The van der Waals surface area contributed by atoms with Crippen molar-refractivity contribution in [3.05, 3.63) is 23.8 Å². The molecule has 158 valence electrons. The second kappa shape index (κ2) is 9.55. The largest absolute Gasteiger partial charge is 0.497 e. The zero-order valence-corrected chi connectivity index (χ0v) is 17.7. The maximum absolute atomic E-state index is 13.3. The van der Waals surface area contributed by atoms with E-state index in [-0.39, 0.29) is 31.8 Å². The number of hydrogen-bond acceptors (Lipinski definition) is 7. The standard InChI is InChI=1S/C18H28N2O7S/c1-13-9-19(10-14(2)27-13)28(22,23)20(12-18(21)26-5)11-15-6-16(24-3)8-17(7-15)25-4/h6-8,13-14H,9-12H2,1-5H3/t13-,14+. The Morgan fingerprint density at radius 1 is 1.11 bits per heavy atom. The lowest BCUT2D eigenvalue weighted by Crippen LogP contribution is -2.53. The van der Waals surface area contributed by atoms with Crippen LogP contribution in [0.25, 0.3) is 0 Å². The van der Waals surface area contributed by atoms with Crippen LogP contribution in [0.5, 0.6) is 11.5 Å². The third-order valence-electron chi connectivity index (χ3n) is 4.34. The summed E-state index contributed by atoms with van der Waals surface area (Å²) >= 11 is 0. The fraction of sp³-hybridized carbons (Fsp3) is 0.611. The maximum atomic E-state index is 13.3. The van der Waals surface area contributed by atoms with Gasteiger partial charge in [0.25, 0.3) is 10.2 Å². The molecule has 0 unspecified atom stereocenters. The Morgan fingerprint density at radius 2 is 1.64 bits per heavy atom. The molecule has 0 aromatic heterocycles. The van der Waals surface area contributed by atoms with Crippen LogP contribution in [0.4, 0.5) is 0 Å². The minimum atomic E-state index is -3.93. The number of benzene rings is 1. The maximum Gasteiger partial charge on any atom is 0.321 e. The van der Waals surface area contributed by atoms with Crippen molar-refractivity contribution in [2.24, 2.45) is 0 Å². The SMILES string of the molecule is COC(=O)CN(Cc1cc(OC)cc(OC)c1)S(=O)(=O)N1C[C@@H](C)O[C@@H](C)C1. The van der Waals surface area contributed by atoms with Crippen molar-refractivity contribution in [1.29, 1.82) is 0 Å². The van der Waals surface area contributed by atoms with E-state index in [1.54, 1.807) is 18.2 Å². The van der Waals surface area contributed by atoms with Gasteiger partial charge in [-0.05, 0) is 31.5 Å². The third kappa shape index (κ3) is 5.57. The quantitative estimate of drug-likeness (QED) is 0.584. The Bertz CT molecular complexity index is 752. The Kier molecular flexibility index (Phi) is 7.64. The van der Waals surface area contributed by atoms with Crippen molar-refractivity contribution in [3.8, 4) is 11.5 Å². The first-order chi connectivity index (χ1) is 13.2. The molecule has 1 aliphatic heterocycles. The number of carbonyl (C=O) groups is 1. The smallest absolute Gasteiger partial charge is 0.321 e. The minimum Gasteiger partial charge on any atom is -0.497 e. The monoisotopic (exact) mass is 416 g/mol. The highest BCUT2D eigenvalue weighted by Crippen LogP contribution is 2.25. The van der Waals surface area contributed by atoms with Crippen LogP contribution in [-0.4, -0.2) is 76.2 Å². The van der Waals surface area contributed by atoms with Crippen LogP contribution in [0.15, 0.2) is 18.2 Å². The van der Waals surface area contributed by atoms with Crippen LogP contribution in [-0.2, 0) is 31.0 Å². The Morgan fingerprint density at radius 3 is 2.11 bits per heavy atom. The summed E-state index contributed by atoms with van der Waals surface area (Å²) in [6.45, 7) is 3.62. The van der Waals surface area contributed by atoms with E-state index in [0.29, 0.717) is 17.1 Å². The Hall–Kier alpha value is -1.88. The van der Waals surface area contributed by atoms with E-state index in [0.717, 1.165) is 4.31 Å². The number of carbonyl (C=O) groups excluding carboxylic acids is 1. The van der Waals surface area contributed by atoms with Crippen LogP contribution in [0.1, 0.15) is 19.4 Å². The summed E-state index contributed by atoms with van der Waals surface area (Å²) in [5, 5.41) is 0. The van der Waals surface area contributed by atoms with Gasteiger partial charge in [0.05, 0.1) is 33.5 Å². The summed E-state index contributed by atoms with van der Waals surface area (Å²) in [6, 6.07) is 5.09. The van der Waals surface area contributed by atoms with Gasteiger partial charge in [-0.15, -0.1) is 0 Å². The average Bonchev–Trinajstić information content (AvgIpc) is 2.66. The summed E-state index contributed by atoms with van der Waals surface area (Å²) in [7, 11) is 0.318. The van der Waals surface area contributed by atoms with E-state index in [1.807, 2.05) is 13.8 Å². The molecule has 1 aromatic rings. The molecule has 0 spiro atoms. The van der Waals surface area contributed by atoms with Gasteiger partial charge in [-0.2, -0.15) is 17.0 Å². The molecule has 1 aliphatic rings. The van der Waals surface area contributed by atoms with E-state index in [2.05, 4.69) is 0 Å². The Labute approximate surface area is 166 Å². The van der Waals surface area contributed by atoms with Gasteiger partial charge in [0.15, 0.2) is 0 Å². The highest BCUT2D eigenvalue weighted by molar-refractivity contribution is 7.86. The molecule has 0 N–H and O–H groups in total. The van der Waals surface area contributed by atoms with E-state index in [4.69, 9.17) is 18.9 Å². The molecule has 1 aromatic carbocycles. The van der Waals surface area contributed by atoms with Gasteiger partial charge in [-0.3, -0.25) is 4.79 Å². The lowest BCUT2D eigenvalue weighted by atomic mass is 10.2. The molecule has 2 rings (SSSR count). The van der Waals surface area contributed by atoms with Crippen molar-refractivity contribution in [2.45, 2.75) is 32.6 Å². The highest BCUT2D eigenvalue weighted by Gasteiger charge is 2.36. The Balaban J connectivity index is 2.35. The number of ether oxygens (including phenoxy) is 4. The summed E-state index contributed by atoms with van der Waals surface area (Å²) in [5.74, 6) is 0.407. The molecule has 0 amide bonds. The second-order valence-electron chi connectivity index (χ2n) is 6.65. The predicted molar refractivity (Wildman–Crippen MR) is 102 cm³/mol. The normalized spacial score (nSPS) is 20.8. The number of rotatable bonds is 8. The molecular formula is C18H28N2O7S. The number of nitrogens with zero attached hydrogens (tertiary/aromatic N) is 2. The van der Waals surface area contributed by atoms with Gasteiger partial charge in [0.1, 0.15) is 18.0 Å². The van der Waals surface area contributed by atoms with Gasteiger partial charge < -0.3 is 18.9 Å². The molecule has 0 aliphatic carbocycles. The minimum absolute atomic E-state index is 0.0366. The summed E-state index contributed by atoms with van der Waals surface area (Å²) < 4.78 is 49.8. The topological polar surface area (TPSA) is 94.6 Å². The molecule has 0 saturated carbocycles. The highest BCUT2D eigenvalue weighted by atomic mass is 32.2. The van der Waals surface area contributed by atoms with Gasteiger partial charge in [-0.1, -0.05) is 0 Å². The number of morpholine rings is 1. The van der Waals surface area contributed by atoms with Crippen LogP contribution in [0.3, 0.4) is 0 Å². The number of methoxy groups -OCH3 is 3. The van der Waals surface area contributed by atoms with Gasteiger partial charge in [0, 0.05) is 25.7 Å². The molecule has 1 saturated heterocycles. The van der Waals surface area contributed by atoms with Gasteiger partial charge >= 0.3 is 5.97 Å². The molecule has 0 radical (unpaired) electrons. The van der Waals surface area contributed by atoms with Crippen LogP contribution in [0, 0.1) is 0 Å². The fourth-order valence-electron chi connectivity index (χ4n) is 3.07. The van der Waals surface area contributed by atoms with Crippen LogP contribution in [0.2, 0.25) is 0 Å². The molecule has 2 atom stereocenters. The summed E-state index contributed by atoms with van der Waals surface area (Å²) in [6.07, 6.45) is -0.481. The van der Waals surface area contributed by atoms with Crippen molar-refractivity contribution in [2.75, 3.05) is 41.0 Å². The molecule has 10 heteroatoms. The van der Waals surface area contributed by atoms with E-state index in [9.17, 15) is 13.2 Å². The predicted octanol–water partition coefficient (Wildman–Crippen LogP) is 1.03. The molecule has 0 bridgehead atoms. The zero-order valence-electron chi connectivity index (χ0n) is 16.9. The number of esters is 1. The summed E-state index contributed by atoms with van der Waals surface area (Å²) in [4.78, 5) is 11.9. The van der Waals surface area contributed by atoms with E-state index < -0.39 is 22.7 Å². The first-order valence-electron chi connectivity index (χ1n) is 8.89. The lowest BCUT2D eigenvalue weighted by Gasteiger charge is -2.37. The van der Waals surface area contributed by atoms with Crippen molar-refractivity contribution < 1.29 is 32.2 Å². The lowest BCUT2D eigenvalue weighted by molar-refractivity contribution is -0.141. The second-order valence-corrected chi connectivity index (χ2v) is 8.58. The van der Waals surface area contributed by atoms with E-state index in [1.165, 1.54) is 25.6 Å². The van der Waals surface area contributed by atoms with E-state index >= 15 is 0 Å². The fourth-order valence-corrected chi connectivity index (χ4v) is 4.78. The molecule has 1 heterocycles. The van der Waals surface area contributed by atoms with Crippen LogP contribution < -0.4 is 9.47 Å². The van der Waals surface area contributed by atoms with Crippen molar-refractivity contribution >= 4 is 16.2 Å². The molecule has 9 nitrogen and oxygen atoms in total. The first kappa shape index (κ1) is 22.4. The van der Waals surface area contributed by atoms with Crippen LogP contribution >= 0.6 is 0 Å². The average molecular weight is 416 g/mol. The van der Waals surface area contributed by atoms with Crippen molar-refractivity contribution in [3.63, 3.8) is 0 Å². The summed E-state index contributed by atoms with van der Waals surface area (Å²) in [5.41, 5.74) is 0.623. The molecular weight excluding hydrogens is 388 g/mol.